The smallest absolute Gasteiger partial charge is 0.256 e. The number of hydrogen-bond donors (Lipinski definition) is 1. The van der Waals surface area contributed by atoms with Crippen LogP contribution in [0.3, 0.4) is 0 Å². The van der Waals surface area contributed by atoms with Crippen molar-refractivity contribution >= 4 is 34.2 Å². The molecule has 7 nitrogen and oxygen atoms in total. The van der Waals surface area contributed by atoms with Crippen molar-refractivity contribution in [2.24, 2.45) is 7.05 Å². The second kappa shape index (κ2) is 6.59. The molecular formula is C19H21N5O2. The molecule has 7 heteroatoms. The summed E-state index contributed by atoms with van der Waals surface area (Å²) < 4.78 is 1.68. The average Bonchev–Trinajstić information content (AvgIpc) is 2.88. The molecule has 0 saturated carbocycles. The number of nitrogens with zero attached hydrogens (tertiary/aromatic N) is 4. The van der Waals surface area contributed by atoms with Crippen molar-refractivity contribution in [2.75, 3.05) is 17.3 Å². The molecule has 3 aromatic rings. The van der Waals surface area contributed by atoms with Gasteiger partial charge in [-0.25, -0.2) is 4.98 Å². The first-order chi connectivity index (χ1) is 12.3. The van der Waals surface area contributed by atoms with E-state index in [1.165, 1.54) is 6.92 Å². The van der Waals surface area contributed by atoms with Gasteiger partial charge < -0.3 is 10.2 Å². The molecule has 0 aliphatic heterocycles. The number of fused-ring (bicyclic) bond motifs is 1. The van der Waals surface area contributed by atoms with Crippen LogP contribution in [0, 0.1) is 13.8 Å². The third-order valence-electron chi connectivity index (χ3n) is 4.33. The third-order valence-corrected chi connectivity index (χ3v) is 4.33. The fraction of sp³-hybridized carbons (Fsp3) is 0.263. The Hall–Kier alpha value is -3.22. The van der Waals surface area contributed by atoms with Crippen LogP contribution in [-0.2, 0) is 11.8 Å². The first-order valence-corrected chi connectivity index (χ1v) is 8.24. The van der Waals surface area contributed by atoms with Crippen molar-refractivity contribution in [1.29, 1.82) is 0 Å². The van der Waals surface area contributed by atoms with E-state index in [2.05, 4.69) is 15.4 Å². The van der Waals surface area contributed by atoms with Crippen LogP contribution in [0.1, 0.15) is 28.7 Å². The van der Waals surface area contributed by atoms with Crippen LogP contribution in [-0.4, -0.2) is 33.6 Å². The molecule has 0 saturated heterocycles. The summed E-state index contributed by atoms with van der Waals surface area (Å²) in [6.45, 7) is 5.22. The molecule has 0 unspecified atom stereocenters. The van der Waals surface area contributed by atoms with Gasteiger partial charge in [0.15, 0.2) is 5.65 Å². The van der Waals surface area contributed by atoms with E-state index in [0.29, 0.717) is 16.9 Å². The molecule has 0 atom stereocenters. The van der Waals surface area contributed by atoms with Crippen molar-refractivity contribution in [3.05, 3.63) is 47.3 Å². The minimum absolute atomic E-state index is 0.0523. The van der Waals surface area contributed by atoms with E-state index < -0.39 is 0 Å². The lowest BCUT2D eigenvalue weighted by Gasteiger charge is -2.15. The van der Waals surface area contributed by atoms with Crippen LogP contribution in [0.5, 0.6) is 0 Å². The van der Waals surface area contributed by atoms with Gasteiger partial charge in [0.25, 0.3) is 5.91 Å². The van der Waals surface area contributed by atoms with E-state index in [-0.39, 0.29) is 11.8 Å². The van der Waals surface area contributed by atoms with Crippen LogP contribution >= 0.6 is 0 Å². The molecule has 134 valence electrons. The zero-order valence-corrected chi connectivity index (χ0v) is 15.5. The quantitative estimate of drug-likeness (QED) is 0.787. The molecule has 0 radical (unpaired) electrons. The number of pyridine rings is 1. The standard InChI is InChI=1S/C19H21N5O2/c1-11-10-16(17-12(2)22-24(5)18(17)20-11)19(26)21-14-6-8-15(9-7-14)23(4)13(3)25/h6-10H,1-5H3,(H,21,26). The van der Waals surface area contributed by atoms with Crippen molar-refractivity contribution in [1.82, 2.24) is 14.8 Å². The zero-order chi connectivity index (χ0) is 19.0. The summed E-state index contributed by atoms with van der Waals surface area (Å²) in [7, 11) is 3.52. The van der Waals surface area contributed by atoms with Gasteiger partial charge in [-0.3, -0.25) is 14.3 Å². The molecule has 0 fully saturated rings. The maximum absolute atomic E-state index is 12.8. The van der Waals surface area contributed by atoms with E-state index in [1.54, 1.807) is 47.0 Å². The summed E-state index contributed by atoms with van der Waals surface area (Å²) >= 11 is 0. The monoisotopic (exact) mass is 351 g/mol. The zero-order valence-electron chi connectivity index (χ0n) is 15.5. The Labute approximate surface area is 151 Å². The molecule has 1 aromatic carbocycles. The molecule has 3 rings (SSSR count). The fourth-order valence-corrected chi connectivity index (χ4v) is 2.90. The first kappa shape index (κ1) is 17.6. The highest BCUT2D eigenvalue weighted by molar-refractivity contribution is 6.12. The average molecular weight is 351 g/mol. The summed E-state index contributed by atoms with van der Waals surface area (Å²) in [6.07, 6.45) is 0. The molecule has 26 heavy (non-hydrogen) atoms. The van der Waals surface area contributed by atoms with Crippen LogP contribution in [0.25, 0.3) is 11.0 Å². The highest BCUT2D eigenvalue weighted by Gasteiger charge is 2.18. The lowest BCUT2D eigenvalue weighted by atomic mass is 10.1. The largest absolute Gasteiger partial charge is 0.322 e. The van der Waals surface area contributed by atoms with Gasteiger partial charge in [0, 0.05) is 38.1 Å². The minimum Gasteiger partial charge on any atom is -0.322 e. The van der Waals surface area contributed by atoms with Crippen LogP contribution in [0.4, 0.5) is 11.4 Å². The summed E-state index contributed by atoms with van der Waals surface area (Å²) in [5.41, 5.74) is 4.16. The summed E-state index contributed by atoms with van der Waals surface area (Å²) in [5, 5.41) is 8.02. The molecule has 0 aliphatic rings. The molecule has 0 bridgehead atoms. The Morgan fingerprint density at radius 2 is 1.81 bits per heavy atom. The number of aromatic nitrogens is 3. The van der Waals surface area contributed by atoms with Gasteiger partial charge in [0.1, 0.15) is 0 Å². The van der Waals surface area contributed by atoms with Crippen molar-refractivity contribution in [3.8, 4) is 0 Å². The lowest BCUT2D eigenvalue weighted by Crippen LogP contribution is -2.22. The van der Waals surface area contributed by atoms with Gasteiger partial charge in [0.05, 0.1) is 16.6 Å². The lowest BCUT2D eigenvalue weighted by molar-refractivity contribution is -0.116. The molecule has 1 N–H and O–H groups in total. The van der Waals surface area contributed by atoms with Gasteiger partial charge >= 0.3 is 0 Å². The Morgan fingerprint density at radius 3 is 2.42 bits per heavy atom. The van der Waals surface area contributed by atoms with Gasteiger partial charge in [-0.2, -0.15) is 5.10 Å². The molecule has 2 amide bonds. The van der Waals surface area contributed by atoms with E-state index in [0.717, 1.165) is 22.5 Å². The Balaban J connectivity index is 1.91. The number of benzene rings is 1. The van der Waals surface area contributed by atoms with Gasteiger partial charge in [-0.05, 0) is 44.2 Å². The van der Waals surface area contributed by atoms with Crippen molar-refractivity contribution in [3.63, 3.8) is 0 Å². The minimum atomic E-state index is -0.218. The van der Waals surface area contributed by atoms with E-state index in [1.807, 2.05) is 20.9 Å². The molecule has 0 aliphatic carbocycles. The number of anilines is 2. The fourth-order valence-electron chi connectivity index (χ4n) is 2.90. The number of carbonyl (C=O) groups excluding carboxylic acids is 2. The second-order valence-corrected chi connectivity index (χ2v) is 6.30. The van der Waals surface area contributed by atoms with Crippen LogP contribution < -0.4 is 10.2 Å². The summed E-state index contributed by atoms with van der Waals surface area (Å²) in [4.78, 5) is 30.3. The Kier molecular flexibility index (Phi) is 4.46. The number of hydrogen-bond acceptors (Lipinski definition) is 4. The SMILES string of the molecule is CC(=O)N(C)c1ccc(NC(=O)c2cc(C)nc3c2c(C)nn3C)cc1. The van der Waals surface area contributed by atoms with E-state index in [9.17, 15) is 9.59 Å². The van der Waals surface area contributed by atoms with E-state index in [4.69, 9.17) is 0 Å². The van der Waals surface area contributed by atoms with Gasteiger partial charge in [0.2, 0.25) is 5.91 Å². The topological polar surface area (TPSA) is 80.1 Å². The summed E-state index contributed by atoms with van der Waals surface area (Å²) in [5.74, 6) is -0.271. The Bertz CT molecular complexity index is 1000. The molecular weight excluding hydrogens is 330 g/mol. The number of rotatable bonds is 3. The summed E-state index contributed by atoms with van der Waals surface area (Å²) in [6, 6.07) is 8.89. The highest BCUT2D eigenvalue weighted by atomic mass is 16.2. The molecule has 2 heterocycles. The van der Waals surface area contributed by atoms with Crippen LogP contribution in [0.15, 0.2) is 30.3 Å². The van der Waals surface area contributed by atoms with E-state index >= 15 is 0 Å². The van der Waals surface area contributed by atoms with Gasteiger partial charge in [-0.15, -0.1) is 0 Å². The van der Waals surface area contributed by atoms with Crippen molar-refractivity contribution < 1.29 is 9.59 Å². The van der Waals surface area contributed by atoms with Crippen LogP contribution in [0.2, 0.25) is 0 Å². The predicted molar refractivity (Wildman–Crippen MR) is 101 cm³/mol. The first-order valence-electron chi connectivity index (χ1n) is 8.24. The predicted octanol–water partition coefficient (Wildman–Crippen LogP) is 2.82. The Morgan fingerprint density at radius 1 is 1.15 bits per heavy atom. The third kappa shape index (κ3) is 3.15. The normalized spacial score (nSPS) is 10.8. The number of aryl methyl sites for hydroxylation is 3. The van der Waals surface area contributed by atoms with Gasteiger partial charge in [-0.1, -0.05) is 0 Å². The number of nitrogens with one attached hydrogen (secondary N) is 1. The number of carbonyl (C=O) groups is 2. The molecule has 2 aromatic heterocycles. The second-order valence-electron chi connectivity index (χ2n) is 6.30. The molecule has 0 spiro atoms. The highest BCUT2D eigenvalue weighted by Crippen LogP contribution is 2.23. The van der Waals surface area contributed by atoms with Crippen molar-refractivity contribution in [2.45, 2.75) is 20.8 Å². The number of amides is 2. The maximum Gasteiger partial charge on any atom is 0.256 e. The maximum atomic E-state index is 12.8.